The molecule has 0 aromatic heterocycles. The fourth-order valence-electron chi connectivity index (χ4n) is 2.75. The lowest BCUT2D eigenvalue weighted by Crippen LogP contribution is -2.29. The summed E-state index contributed by atoms with van der Waals surface area (Å²) in [5.74, 6) is 0.603. The molecular formula is C16H24N2O2S. The Bertz CT molecular complexity index is 579. The van der Waals surface area contributed by atoms with Crippen LogP contribution in [0.5, 0.6) is 0 Å². The summed E-state index contributed by atoms with van der Waals surface area (Å²) >= 11 is 0. The first-order valence-electron chi connectivity index (χ1n) is 7.82. The van der Waals surface area contributed by atoms with Gasteiger partial charge in [-0.1, -0.05) is 31.2 Å². The molecule has 0 amide bonds. The molecule has 4 nitrogen and oxygen atoms in total. The van der Waals surface area contributed by atoms with E-state index in [0.717, 1.165) is 18.5 Å². The number of hydrogen-bond donors (Lipinski definition) is 1. The Morgan fingerprint density at radius 3 is 2.38 bits per heavy atom. The van der Waals surface area contributed by atoms with Gasteiger partial charge in [-0.2, -0.15) is 0 Å². The summed E-state index contributed by atoms with van der Waals surface area (Å²) in [4.78, 5) is 0. The van der Waals surface area contributed by atoms with E-state index in [0.29, 0.717) is 25.0 Å². The van der Waals surface area contributed by atoms with Crippen molar-refractivity contribution < 1.29 is 8.42 Å². The minimum absolute atomic E-state index is 0.121. The SMILES string of the molecule is CC1CCN(S(=O)(=O)Cc2ccc(CNC3CC3)cc2)C1. The predicted octanol–water partition coefficient (Wildman–Crippen LogP) is 2.11. The highest BCUT2D eigenvalue weighted by atomic mass is 32.2. The lowest BCUT2D eigenvalue weighted by atomic mass is 10.1. The fraction of sp³-hybridized carbons (Fsp3) is 0.625. The third kappa shape index (κ3) is 4.05. The normalized spacial score (nSPS) is 23.6. The van der Waals surface area contributed by atoms with Crippen LogP contribution in [-0.4, -0.2) is 31.9 Å². The lowest BCUT2D eigenvalue weighted by Gasteiger charge is -2.16. The first kappa shape index (κ1) is 15.0. The van der Waals surface area contributed by atoms with E-state index in [1.54, 1.807) is 4.31 Å². The molecule has 0 bridgehead atoms. The van der Waals surface area contributed by atoms with E-state index in [4.69, 9.17) is 0 Å². The summed E-state index contributed by atoms with van der Waals surface area (Å²) in [7, 11) is -3.16. The van der Waals surface area contributed by atoms with E-state index in [-0.39, 0.29) is 5.75 Å². The number of rotatable bonds is 6. The minimum Gasteiger partial charge on any atom is -0.310 e. The molecule has 1 aliphatic heterocycles. The second-order valence-electron chi connectivity index (χ2n) is 6.48. The molecule has 116 valence electrons. The molecule has 0 radical (unpaired) electrons. The molecule has 2 fully saturated rings. The molecule has 1 aromatic carbocycles. The van der Waals surface area contributed by atoms with Crippen LogP contribution in [0.1, 0.15) is 37.3 Å². The van der Waals surface area contributed by atoms with E-state index in [1.807, 2.05) is 24.3 Å². The highest BCUT2D eigenvalue weighted by Crippen LogP contribution is 2.22. The zero-order valence-electron chi connectivity index (χ0n) is 12.6. The van der Waals surface area contributed by atoms with Crippen LogP contribution in [0.25, 0.3) is 0 Å². The number of hydrogen-bond acceptors (Lipinski definition) is 3. The molecule has 21 heavy (non-hydrogen) atoms. The average Bonchev–Trinajstić information content (AvgIpc) is 3.17. The highest BCUT2D eigenvalue weighted by Gasteiger charge is 2.29. The zero-order chi connectivity index (χ0) is 14.9. The summed E-state index contributed by atoms with van der Waals surface area (Å²) in [5.41, 5.74) is 2.10. The zero-order valence-corrected chi connectivity index (χ0v) is 13.4. The van der Waals surface area contributed by atoms with Gasteiger partial charge in [-0.3, -0.25) is 0 Å². The van der Waals surface area contributed by atoms with Crippen LogP contribution in [0.3, 0.4) is 0 Å². The van der Waals surface area contributed by atoms with Crippen LogP contribution in [0, 0.1) is 5.92 Å². The Hall–Kier alpha value is -0.910. The molecule has 2 aliphatic rings. The summed E-state index contributed by atoms with van der Waals surface area (Å²) in [6.45, 7) is 4.33. The van der Waals surface area contributed by atoms with Crippen LogP contribution >= 0.6 is 0 Å². The smallest absolute Gasteiger partial charge is 0.218 e. The lowest BCUT2D eigenvalue weighted by molar-refractivity contribution is 0.463. The topological polar surface area (TPSA) is 49.4 Å². The second-order valence-corrected chi connectivity index (χ2v) is 8.45. The van der Waals surface area contributed by atoms with Crippen molar-refractivity contribution in [3.05, 3.63) is 35.4 Å². The van der Waals surface area contributed by atoms with Crippen molar-refractivity contribution in [2.24, 2.45) is 5.92 Å². The van der Waals surface area contributed by atoms with E-state index < -0.39 is 10.0 Å². The Kier molecular flexibility index (Phi) is 4.33. The van der Waals surface area contributed by atoms with Crippen molar-refractivity contribution in [3.8, 4) is 0 Å². The molecule has 5 heteroatoms. The second kappa shape index (κ2) is 6.07. The van der Waals surface area contributed by atoms with E-state index in [9.17, 15) is 8.42 Å². The molecule has 1 heterocycles. The molecule has 1 atom stereocenters. The molecule has 1 N–H and O–H groups in total. The van der Waals surface area contributed by atoms with Gasteiger partial charge in [-0.05, 0) is 36.3 Å². The molecule has 0 spiro atoms. The Balaban J connectivity index is 1.58. The van der Waals surface area contributed by atoms with Gasteiger partial charge in [0, 0.05) is 25.7 Å². The highest BCUT2D eigenvalue weighted by molar-refractivity contribution is 7.88. The molecule has 1 aliphatic carbocycles. The van der Waals surface area contributed by atoms with Gasteiger partial charge in [0.15, 0.2) is 0 Å². The van der Waals surface area contributed by atoms with Gasteiger partial charge in [0.2, 0.25) is 10.0 Å². The number of benzene rings is 1. The predicted molar refractivity (Wildman–Crippen MR) is 84.3 cm³/mol. The fourth-order valence-corrected chi connectivity index (χ4v) is 4.41. The van der Waals surface area contributed by atoms with Crippen molar-refractivity contribution in [1.29, 1.82) is 0 Å². The largest absolute Gasteiger partial charge is 0.310 e. The summed E-state index contributed by atoms with van der Waals surface area (Å²) in [6, 6.07) is 8.66. The summed E-state index contributed by atoms with van der Waals surface area (Å²) in [5, 5.41) is 3.46. The molecule has 1 aromatic rings. The van der Waals surface area contributed by atoms with E-state index >= 15 is 0 Å². The first-order chi connectivity index (χ1) is 10.0. The number of sulfonamides is 1. The maximum absolute atomic E-state index is 12.4. The van der Waals surface area contributed by atoms with Crippen molar-refractivity contribution >= 4 is 10.0 Å². The molecule has 3 rings (SSSR count). The van der Waals surface area contributed by atoms with E-state index in [2.05, 4.69) is 12.2 Å². The van der Waals surface area contributed by atoms with Crippen molar-refractivity contribution in [2.45, 2.75) is 44.5 Å². The van der Waals surface area contributed by atoms with Gasteiger partial charge in [0.25, 0.3) is 0 Å². The monoisotopic (exact) mass is 308 g/mol. The standard InChI is InChI=1S/C16H24N2O2S/c1-13-8-9-18(11-13)21(19,20)12-15-4-2-14(3-5-15)10-17-16-6-7-16/h2-5,13,16-17H,6-12H2,1H3. The Morgan fingerprint density at radius 2 is 1.81 bits per heavy atom. The summed E-state index contributed by atoms with van der Waals surface area (Å²) < 4.78 is 26.4. The van der Waals surface area contributed by atoms with Crippen molar-refractivity contribution in [3.63, 3.8) is 0 Å². The Labute approximate surface area is 127 Å². The first-order valence-corrected chi connectivity index (χ1v) is 9.43. The van der Waals surface area contributed by atoms with Crippen LogP contribution in [-0.2, 0) is 22.3 Å². The van der Waals surface area contributed by atoms with Crippen molar-refractivity contribution in [2.75, 3.05) is 13.1 Å². The number of nitrogens with one attached hydrogen (secondary N) is 1. The third-order valence-electron chi connectivity index (χ3n) is 4.32. The molecule has 1 saturated carbocycles. The number of nitrogens with zero attached hydrogens (tertiary/aromatic N) is 1. The molecular weight excluding hydrogens is 284 g/mol. The van der Waals surface area contributed by atoms with E-state index in [1.165, 1.54) is 18.4 Å². The maximum Gasteiger partial charge on any atom is 0.218 e. The van der Waals surface area contributed by atoms with Gasteiger partial charge in [0.1, 0.15) is 0 Å². The van der Waals surface area contributed by atoms with Crippen LogP contribution < -0.4 is 5.32 Å². The molecule has 1 unspecified atom stereocenters. The van der Waals surface area contributed by atoms with Gasteiger partial charge < -0.3 is 5.32 Å². The molecule has 1 saturated heterocycles. The minimum atomic E-state index is -3.16. The van der Waals surface area contributed by atoms with Gasteiger partial charge in [-0.25, -0.2) is 12.7 Å². The third-order valence-corrected chi connectivity index (χ3v) is 6.14. The summed E-state index contributed by atoms with van der Waals surface area (Å²) in [6.07, 6.45) is 3.54. The van der Waals surface area contributed by atoms with Crippen LogP contribution in [0.4, 0.5) is 0 Å². The quantitative estimate of drug-likeness (QED) is 0.875. The van der Waals surface area contributed by atoms with Gasteiger partial charge in [-0.15, -0.1) is 0 Å². The van der Waals surface area contributed by atoms with Crippen LogP contribution in [0.2, 0.25) is 0 Å². The Morgan fingerprint density at radius 1 is 1.14 bits per heavy atom. The van der Waals surface area contributed by atoms with Gasteiger partial charge >= 0.3 is 0 Å². The maximum atomic E-state index is 12.4. The van der Waals surface area contributed by atoms with Crippen LogP contribution in [0.15, 0.2) is 24.3 Å². The van der Waals surface area contributed by atoms with Crippen molar-refractivity contribution in [1.82, 2.24) is 9.62 Å². The van der Waals surface area contributed by atoms with Gasteiger partial charge in [0.05, 0.1) is 5.75 Å². The average molecular weight is 308 g/mol.